The standard InChI is InChI=1S/C12H16O/c1-9(13)11-7-6-10-4-2-3-5-12(10)8-11/h2-5,9,11,13H,6-8H2,1H3/t9-,11+/m0/s1. The number of rotatable bonds is 1. The van der Waals surface area contributed by atoms with Crippen LogP contribution in [0.1, 0.15) is 24.5 Å². The van der Waals surface area contributed by atoms with Crippen LogP contribution in [0.3, 0.4) is 0 Å². The second kappa shape index (κ2) is 3.51. The number of aliphatic hydroxyl groups excluding tert-OH is 1. The van der Waals surface area contributed by atoms with Crippen molar-refractivity contribution in [3.05, 3.63) is 35.4 Å². The Labute approximate surface area is 79.4 Å². The van der Waals surface area contributed by atoms with E-state index in [2.05, 4.69) is 24.3 Å². The molecule has 1 nitrogen and oxygen atoms in total. The Hall–Kier alpha value is -0.820. The van der Waals surface area contributed by atoms with Gasteiger partial charge in [-0.15, -0.1) is 0 Å². The van der Waals surface area contributed by atoms with Gasteiger partial charge in [0.05, 0.1) is 6.10 Å². The first kappa shape index (κ1) is 8.76. The van der Waals surface area contributed by atoms with Crippen LogP contribution in [0.2, 0.25) is 0 Å². The maximum absolute atomic E-state index is 9.50. The van der Waals surface area contributed by atoms with Gasteiger partial charge in [-0.2, -0.15) is 0 Å². The van der Waals surface area contributed by atoms with Crippen molar-refractivity contribution in [3.63, 3.8) is 0 Å². The van der Waals surface area contributed by atoms with Gasteiger partial charge in [-0.25, -0.2) is 0 Å². The number of hydrogen-bond donors (Lipinski definition) is 1. The highest BCUT2D eigenvalue weighted by Crippen LogP contribution is 2.27. The van der Waals surface area contributed by atoms with Gasteiger partial charge in [-0.05, 0) is 43.2 Å². The zero-order chi connectivity index (χ0) is 9.26. The molecule has 0 saturated carbocycles. The fraction of sp³-hybridized carbons (Fsp3) is 0.500. The van der Waals surface area contributed by atoms with E-state index in [0.29, 0.717) is 5.92 Å². The molecule has 0 heterocycles. The molecule has 0 bridgehead atoms. The molecule has 70 valence electrons. The van der Waals surface area contributed by atoms with Crippen LogP contribution < -0.4 is 0 Å². The van der Waals surface area contributed by atoms with E-state index in [1.54, 1.807) is 0 Å². The molecule has 0 radical (unpaired) electrons. The number of aryl methyl sites for hydroxylation is 1. The fourth-order valence-corrected chi connectivity index (χ4v) is 2.14. The molecule has 2 atom stereocenters. The van der Waals surface area contributed by atoms with Crippen LogP contribution in [0.4, 0.5) is 0 Å². The van der Waals surface area contributed by atoms with E-state index in [9.17, 15) is 5.11 Å². The van der Waals surface area contributed by atoms with E-state index in [1.807, 2.05) is 6.92 Å². The van der Waals surface area contributed by atoms with Crippen LogP contribution in [0.25, 0.3) is 0 Å². The molecule has 0 amide bonds. The van der Waals surface area contributed by atoms with Gasteiger partial charge in [0, 0.05) is 0 Å². The average Bonchev–Trinajstić information content (AvgIpc) is 2.17. The Kier molecular flexibility index (Phi) is 2.36. The smallest absolute Gasteiger partial charge is 0.0543 e. The van der Waals surface area contributed by atoms with Gasteiger partial charge in [0.2, 0.25) is 0 Å². The normalized spacial score (nSPS) is 23.7. The Morgan fingerprint density at radius 1 is 1.31 bits per heavy atom. The maximum Gasteiger partial charge on any atom is 0.0543 e. The van der Waals surface area contributed by atoms with Crippen LogP contribution in [-0.2, 0) is 12.8 Å². The lowest BCUT2D eigenvalue weighted by molar-refractivity contribution is 0.117. The second-order valence-corrected chi connectivity index (χ2v) is 4.01. The molecule has 1 N–H and O–H groups in total. The van der Waals surface area contributed by atoms with Crippen LogP contribution in [0.5, 0.6) is 0 Å². The van der Waals surface area contributed by atoms with Crippen molar-refractivity contribution in [3.8, 4) is 0 Å². The minimum atomic E-state index is -0.159. The lowest BCUT2D eigenvalue weighted by atomic mass is 9.81. The van der Waals surface area contributed by atoms with Crippen molar-refractivity contribution in [2.75, 3.05) is 0 Å². The van der Waals surface area contributed by atoms with Crippen molar-refractivity contribution in [2.45, 2.75) is 32.3 Å². The van der Waals surface area contributed by atoms with E-state index in [0.717, 1.165) is 19.3 Å². The lowest BCUT2D eigenvalue weighted by Crippen LogP contribution is -2.24. The first-order valence-corrected chi connectivity index (χ1v) is 5.02. The summed E-state index contributed by atoms with van der Waals surface area (Å²) in [6, 6.07) is 8.57. The highest BCUT2D eigenvalue weighted by atomic mass is 16.3. The summed E-state index contributed by atoms with van der Waals surface area (Å²) in [6.07, 6.45) is 3.15. The molecule has 0 aliphatic heterocycles. The largest absolute Gasteiger partial charge is 0.393 e. The van der Waals surface area contributed by atoms with Gasteiger partial charge in [0.1, 0.15) is 0 Å². The molecule has 1 aromatic carbocycles. The molecule has 1 heteroatoms. The summed E-state index contributed by atoms with van der Waals surface area (Å²) < 4.78 is 0. The highest BCUT2D eigenvalue weighted by Gasteiger charge is 2.21. The predicted molar refractivity (Wildman–Crippen MR) is 53.6 cm³/mol. The SMILES string of the molecule is C[C@H](O)[C@@H]1CCc2ccccc2C1. The van der Waals surface area contributed by atoms with Gasteiger partial charge in [-0.1, -0.05) is 24.3 Å². The molecule has 0 saturated heterocycles. The third-order valence-corrected chi connectivity index (χ3v) is 3.07. The second-order valence-electron chi connectivity index (χ2n) is 4.01. The fourth-order valence-electron chi connectivity index (χ4n) is 2.14. The first-order chi connectivity index (χ1) is 6.27. The molecule has 0 unspecified atom stereocenters. The van der Waals surface area contributed by atoms with Crippen LogP contribution >= 0.6 is 0 Å². The third-order valence-electron chi connectivity index (χ3n) is 3.07. The summed E-state index contributed by atoms with van der Waals surface area (Å²) in [4.78, 5) is 0. The topological polar surface area (TPSA) is 20.2 Å². The summed E-state index contributed by atoms with van der Waals surface area (Å²) in [5.41, 5.74) is 2.90. The Balaban J connectivity index is 2.20. The van der Waals surface area contributed by atoms with E-state index < -0.39 is 0 Å². The third kappa shape index (κ3) is 1.75. The van der Waals surface area contributed by atoms with E-state index in [-0.39, 0.29) is 6.10 Å². The molecule has 13 heavy (non-hydrogen) atoms. The Bertz CT molecular complexity index is 291. The van der Waals surface area contributed by atoms with Crippen LogP contribution in [0, 0.1) is 5.92 Å². The van der Waals surface area contributed by atoms with Crippen molar-refractivity contribution < 1.29 is 5.11 Å². The first-order valence-electron chi connectivity index (χ1n) is 5.02. The Morgan fingerprint density at radius 2 is 2.00 bits per heavy atom. The summed E-state index contributed by atoms with van der Waals surface area (Å²) >= 11 is 0. The maximum atomic E-state index is 9.50. The zero-order valence-electron chi connectivity index (χ0n) is 8.03. The monoisotopic (exact) mass is 176 g/mol. The van der Waals surface area contributed by atoms with Crippen LogP contribution in [-0.4, -0.2) is 11.2 Å². The number of benzene rings is 1. The minimum absolute atomic E-state index is 0.159. The van der Waals surface area contributed by atoms with Gasteiger partial charge < -0.3 is 5.11 Å². The Morgan fingerprint density at radius 3 is 2.69 bits per heavy atom. The van der Waals surface area contributed by atoms with Crippen LogP contribution in [0.15, 0.2) is 24.3 Å². The average molecular weight is 176 g/mol. The summed E-state index contributed by atoms with van der Waals surface area (Å²) in [6.45, 7) is 1.90. The van der Waals surface area contributed by atoms with E-state index in [4.69, 9.17) is 0 Å². The van der Waals surface area contributed by atoms with Gasteiger partial charge in [0.25, 0.3) is 0 Å². The number of hydrogen-bond acceptors (Lipinski definition) is 1. The molecule has 2 rings (SSSR count). The summed E-state index contributed by atoms with van der Waals surface area (Å²) in [5, 5.41) is 9.50. The summed E-state index contributed by atoms with van der Waals surface area (Å²) in [5.74, 6) is 0.468. The number of fused-ring (bicyclic) bond motifs is 1. The molecule has 1 aliphatic rings. The van der Waals surface area contributed by atoms with E-state index in [1.165, 1.54) is 11.1 Å². The predicted octanol–water partition coefficient (Wildman–Crippen LogP) is 2.17. The van der Waals surface area contributed by atoms with Gasteiger partial charge >= 0.3 is 0 Å². The minimum Gasteiger partial charge on any atom is -0.393 e. The molecule has 1 aromatic rings. The van der Waals surface area contributed by atoms with Crippen molar-refractivity contribution in [1.82, 2.24) is 0 Å². The molecular weight excluding hydrogens is 160 g/mol. The van der Waals surface area contributed by atoms with Gasteiger partial charge in [0.15, 0.2) is 0 Å². The molecule has 1 aliphatic carbocycles. The van der Waals surface area contributed by atoms with Crippen molar-refractivity contribution in [2.24, 2.45) is 5.92 Å². The molecule has 0 spiro atoms. The zero-order valence-corrected chi connectivity index (χ0v) is 8.03. The molecular formula is C12H16O. The highest BCUT2D eigenvalue weighted by molar-refractivity contribution is 5.29. The lowest BCUT2D eigenvalue weighted by Gasteiger charge is -2.26. The van der Waals surface area contributed by atoms with Crippen molar-refractivity contribution in [1.29, 1.82) is 0 Å². The van der Waals surface area contributed by atoms with Crippen molar-refractivity contribution >= 4 is 0 Å². The quantitative estimate of drug-likeness (QED) is 0.695. The number of aliphatic hydroxyl groups is 1. The molecule has 0 aromatic heterocycles. The summed E-state index contributed by atoms with van der Waals surface area (Å²) in [7, 11) is 0. The van der Waals surface area contributed by atoms with Gasteiger partial charge in [-0.3, -0.25) is 0 Å². The molecule has 0 fully saturated rings. The van der Waals surface area contributed by atoms with E-state index >= 15 is 0 Å².